The van der Waals surface area contributed by atoms with Gasteiger partial charge in [0.05, 0.1) is 10.6 Å². The zero-order valence-electron chi connectivity index (χ0n) is 12.4. The van der Waals surface area contributed by atoms with Crippen molar-refractivity contribution in [3.63, 3.8) is 0 Å². The normalized spacial score (nSPS) is 11.3. The maximum Gasteiger partial charge on any atom is 0.261 e. The first kappa shape index (κ1) is 15.5. The van der Waals surface area contributed by atoms with Crippen molar-refractivity contribution in [1.29, 1.82) is 0 Å². The fraction of sp³-hybridized carbons (Fsp3) is 0.0625. The molecule has 0 amide bonds. The zero-order valence-corrected chi connectivity index (χ0v) is 14.0. The first-order valence-corrected chi connectivity index (χ1v) is 9.21. The predicted molar refractivity (Wildman–Crippen MR) is 93.9 cm³/mol. The summed E-state index contributed by atoms with van der Waals surface area (Å²) in [4.78, 5) is 4.43. The lowest BCUT2D eigenvalue weighted by atomic mass is 10.1. The van der Waals surface area contributed by atoms with E-state index in [9.17, 15) is 8.42 Å². The standard InChI is InChI=1S/C16H15N3O2S2/c1-11-2-8-14(9-3-11)23(20,21)19-13-6-4-12(5-7-13)15-10-22-16(17)18-15/h2-10,19H,1H3,(H2,17,18). The van der Waals surface area contributed by atoms with E-state index >= 15 is 0 Å². The number of benzene rings is 2. The van der Waals surface area contributed by atoms with Crippen molar-refractivity contribution in [3.05, 3.63) is 59.5 Å². The van der Waals surface area contributed by atoms with Gasteiger partial charge in [-0.1, -0.05) is 29.8 Å². The van der Waals surface area contributed by atoms with E-state index in [4.69, 9.17) is 5.73 Å². The highest BCUT2D eigenvalue weighted by Gasteiger charge is 2.13. The number of hydrogen-bond donors (Lipinski definition) is 2. The number of sulfonamides is 1. The number of nitrogens with two attached hydrogens (primary N) is 1. The van der Waals surface area contributed by atoms with Crippen molar-refractivity contribution < 1.29 is 8.42 Å². The Morgan fingerprint density at radius 2 is 1.70 bits per heavy atom. The Morgan fingerprint density at radius 3 is 2.26 bits per heavy atom. The summed E-state index contributed by atoms with van der Waals surface area (Å²) in [7, 11) is -3.59. The van der Waals surface area contributed by atoms with Gasteiger partial charge in [0, 0.05) is 16.6 Å². The lowest BCUT2D eigenvalue weighted by Crippen LogP contribution is -2.12. The third-order valence-corrected chi connectivity index (χ3v) is 5.36. The van der Waals surface area contributed by atoms with Crippen LogP contribution in [0.15, 0.2) is 58.8 Å². The number of hydrogen-bond acceptors (Lipinski definition) is 5. The number of nitrogens with zero attached hydrogens (tertiary/aromatic N) is 1. The number of nitrogens with one attached hydrogen (secondary N) is 1. The second-order valence-electron chi connectivity index (χ2n) is 5.07. The number of aryl methyl sites for hydroxylation is 1. The highest BCUT2D eigenvalue weighted by molar-refractivity contribution is 7.92. The molecule has 0 unspecified atom stereocenters. The Bertz CT molecular complexity index is 915. The fourth-order valence-electron chi connectivity index (χ4n) is 2.06. The van der Waals surface area contributed by atoms with Crippen molar-refractivity contribution in [2.75, 3.05) is 10.5 Å². The fourth-order valence-corrected chi connectivity index (χ4v) is 3.69. The van der Waals surface area contributed by atoms with E-state index in [0.29, 0.717) is 10.8 Å². The molecular formula is C16H15N3O2S2. The Balaban J connectivity index is 1.81. The van der Waals surface area contributed by atoms with E-state index in [2.05, 4.69) is 9.71 Å². The minimum atomic E-state index is -3.59. The molecule has 1 aromatic heterocycles. The lowest BCUT2D eigenvalue weighted by molar-refractivity contribution is 0.601. The summed E-state index contributed by atoms with van der Waals surface area (Å²) in [6.45, 7) is 1.91. The van der Waals surface area contributed by atoms with Gasteiger partial charge < -0.3 is 5.73 Å². The molecule has 0 saturated heterocycles. The van der Waals surface area contributed by atoms with Crippen LogP contribution in [0.5, 0.6) is 0 Å². The third-order valence-electron chi connectivity index (χ3n) is 3.29. The van der Waals surface area contributed by atoms with Crippen molar-refractivity contribution >= 4 is 32.2 Å². The van der Waals surface area contributed by atoms with Crippen molar-refractivity contribution in [2.45, 2.75) is 11.8 Å². The molecule has 1 heterocycles. The van der Waals surface area contributed by atoms with Crippen molar-refractivity contribution in [2.24, 2.45) is 0 Å². The molecule has 3 aromatic rings. The Hall–Kier alpha value is -2.38. The van der Waals surface area contributed by atoms with Crippen LogP contribution in [0.3, 0.4) is 0 Å². The Kier molecular flexibility index (Phi) is 4.06. The average Bonchev–Trinajstić information content (AvgIpc) is 2.95. The largest absolute Gasteiger partial charge is 0.375 e. The minimum absolute atomic E-state index is 0.236. The molecule has 0 radical (unpaired) electrons. The summed E-state index contributed by atoms with van der Waals surface area (Å²) < 4.78 is 27.2. The first-order chi connectivity index (χ1) is 10.9. The number of rotatable bonds is 4. The molecule has 2 aromatic carbocycles. The summed E-state index contributed by atoms with van der Waals surface area (Å²) in [6, 6.07) is 13.7. The van der Waals surface area contributed by atoms with Crippen LogP contribution in [0.25, 0.3) is 11.3 Å². The van der Waals surface area contributed by atoms with Crippen LogP contribution >= 0.6 is 11.3 Å². The zero-order chi connectivity index (χ0) is 16.4. The van der Waals surface area contributed by atoms with Gasteiger partial charge >= 0.3 is 0 Å². The Morgan fingerprint density at radius 1 is 1.04 bits per heavy atom. The first-order valence-electron chi connectivity index (χ1n) is 6.85. The lowest BCUT2D eigenvalue weighted by Gasteiger charge is -2.08. The van der Waals surface area contributed by atoms with Crippen LogP contribution in [-0.2, 0) is 10.0 Å². The van der Waals surface area contributed by atoms with Gasteiger partial charge in [0.2, 0.25) is 0 Å². The highest BCUT2D eigenvalue weighted by atomic mass is 32.2. The molecule has 0 fully saturated rings. The molecular weight excluding hydrogens is 330 g/mol. The van der Waals surface area contributed by atoms with E-state index < -0.39 is 10.0 Å². The average molecular weight is 345 g/mol. The smallest absolute Gasteiger partial charge is 0.261 e. The van der Waals surface area contributed by atoms with Crippen molar-refractivity contribution in [3.8, 4) is 11.3 Å². The number of aromatic nitrogens is 1. The second kappa shape index (κ2) is 6.02. The quantitative estimate of drug-likeness (QED) is 0.758. The number of anilines is 2. The third kappa shape index (κ3) is 3.52. The molecule has 0 saturated carbocycles. The molecule has 0 aliphatic carbocycles. The summed E-state index contributed by atoms with van der Waals surface area (Å²) in [6.07, 6.45) is 0. The molecule has 0 aliphatic rings. The van der Waals surface area contributed by atoms with E-state index in [1.54, 1.807) is 36.4 Å². The van der Waals surface area contributed by atoms with Gasteiger partial charge in [-0.15, -0.1) is 11.3 Å². The molecule has 0 aliphatic heterocycles. The summed E-state index contributed by atoms with van der Waals surface area (Å²) in [5.74, 6) is 0. The molecule has 3 N–H and O–H groups in total. The molecule has 0 spiro atoms. The van der Waals surface area contributed by atoms with Gasteiger partial charge in [-0.05, 0) is 31.2 Å². The predicted octanol–water partition coefficient (Wildman–Crippen LogP) is 3.50. The van der Waals surface area contributed by atoms with Gasteiger partial charge in [0.1, 0.15) is 0 Å². The van der Waals surface area contributed by atoms with Crippen LogP contribution in [0.1, 0.15) is 5.56 Å². The van der Waals surface area contributed by atoms with E-state index in [0.717, 1.165) is 16.8 Å². The van der Waals surface area contributed by atoms with Gasteiger partial charge in [-0.2, -0.15) is 0 Å². The minimum Gasteiger partial charge on any atom is -0.375 e. The van der Waals surface area contributed by atoms with Gasteiger partial charge in [0.15, 0.2) is 5.13 Å². The summed E-state index contributed by atoms with van der Waals surface area (Å²) in [5.41, 5.74) is 8.79. The topological polar surface area (TPSA) is 85.1 Å². The SMILES string of the molecule is Cc1ccc(S(=O)(=O)Nc2ccc(-c3csc(N)n3)cc2)cc1. The van der Waals surface area contributed by atoms with E-state index in [1.165, 1.54) is 11.3 Å². The maximum absolute atomic E-state index is 12.3. The Labute approximate surface area is 138 Å². The van der Waals surface area contributed by atoms with Gasteiger partial charge in [0.25, 0.3) is 10.0 Å². The number of nitrogen functional groups attached to an aromatic ring is 1. The monoisotopic (exact) mass is 345 g/mol. The summed E-state index contributed by atoms with van der Waals surface area (Å²) >= 11 is 1.37. The summed E-state index contributed by atoms with van der Waals surface area (Å²) in [5, 5.41) is 2.37. The van der Waals surface area contributed by atoms with Crippen LogP contribution in [-0.4, -0.2) is 13.4 Å². The van der Waals surface area contributed by atoms with Crippen LogP contribution in [0.4, 0.5) is 10.8 Å². The number of thiazole rings is 1. The van der Waals surface area contributed by atoms with Crippen molar-refractivity contribution in [1.82, 2.24) is 4.98 Å². The molecule has 3 rings (SSSR count). The van der Waals surface area contributed by atoms with E-state index in [-0.39, 0.29) is 4.90 Å². The maximum atomic E-state index is 12.3. The molecule has 5 nitrogen and oxygen atoms in total. The highest BCUT2D eigenvalue weighted by Crippen LogP contribution is 2.25. The van der Waals surface area contributed by atoms with E-state index in [1.807, 2.05) is 24.4 Å². The molecule has 0 bridgehead atoms. The van der Waals surface area contributed by atoms with Gasteiger partial charge in [-0.3, -0.25) is 4.72 Å². The molecule has 0 atom stereocenters. The molecule has 118 valence electrons. The second-order valence-corrected chi connectivity index (χ2v) is 7.64. The molecule has 23 heavy (non-hydrogen) atoms. The van der Waals surface area contributed by atoms with Crippen LogP contribution in [0, 0.1) is 6.92 Å². The van der Waals surface area contributed by atoms with Crippen LogP contribution in [0.2, 0.25) is 0 Å². The van der Waals surface area contributed by atoms with Gasteiger partial charge in [-0.25, -0.2) is 13.4 Å². The van der Waals surface area contributed by atoms with Crippen LogP contribution < -0.4 is 10.5 Å². The molecule has 7 heteroatoms.